The highest BCUT2D eigenvalue weighted by Crippen LogP contribution is 2.18. The number of amides is 1. The third-order valence-electron chi connectivity index (χ3n) is 14.9. The molecule has 5 heteroatoms. The zero-order chi connectivity index (χ0) is 51.4. The minimum Gasteiger partial charge on any atom is -0.394 e. The van der Waals surface area contributed by atoms with E-state index in [2.05, 4.69) is 67.8 Å². The van der Waals surface area contributed by atoms with Crippen LogP contribution in [0.5, 0.6) is 0 Å². The lowest BCUT2D eigenvalue weighted by atomic mass is 10.0. The van der Waals surface area contributed by atoms with Gasteiger partial charge in [0.25, 0.3) is 0 Å². The fourth-order valence-electron chi connectivity index (χ4n) is 9.98. The summed E-state index contributed by atoms with van der Waals surface area (Å²) in [5.74, 6) is -0.155. The summed E-state index contributed by atoms with van der Waals surface area (Å²) in [5.41, 5.74) is 0. The Hall–Kier alpha value is -1.69. The molecule has 0 rings (SSSR count). The van der Waals surface area contributed by atoms with Crippen LogP contribution in [0.25, 0.3) is 0 Å². The summed E-state index contributed by atoms with van der Waals surface area (Å²) in [7, 11) is 0. The summed E-state index contributed by atoms with van der Waals surface area (Å²) >= 11 is 0. The third kappa shape index (κ3) is 55.9. The van der Waals surface area contributed by atoms with E-state index in [-0.39, 0.29) is 12.5 Å². The lowest BCUT2D eigenvalue weighted by Gasteiger charge is -2.26. The summed E-state index contributed by atoms with van der Waals surface area (Å²) < 4.78 is 0. The lowest BCUT2D eigenvalue weighted by Crippen LogP contribution is -2.50. The second-order valence-corrected chi connectivity index (χ2v) is 21.9. The maximum Gasteiger partial charge on any atom is 0.220 e. The minimum absolute atomic E-state index is 0.155. The van der Waals surface area contributed by atoms with Crippen LogP contribution >= 0.6 is 0 Å². The summed E-state index contributed by atoms with van der Waals surface area (Å²) in [6, 6.07) is -0.834. The van der Waals surface area contributed by atoms with Gasteiger partial charge in [-0.25, -0.2) is 0 Å². The number of unbranched alkanes of at least 4 members (excludes halogenated alkanes) is 43. The van der Waals surface area contributed by atoms with E-state index in [0.717, 1.165) is 51.4 Å². The van der Waals surface area contributed by atoms with E-state index in [0.29, 0.717) is 12.8 Å². The Labute approximate surface area is 444 Å². The molecule has 0 spiro atoms. The molecule has 71 heavy (non-hydrogen) atoms. The molecule has 3 atom stereocenters. The molecule has 0 aromatic rings. The van der Waals surface area contributed by atoms with E-state index in [1.807, 2.05) is 0 Å². The fourth-order valence-corrected chi connectivity index (χ4v) is 9.98. The SMILES string of the molecule is CCCCCCCCCCC/C=C/CC/C=C/CCCC(O)C(O)C(CO)NC(=O)CCCCCCCCCCCCCCCCCCC/C=C\C/C=C\CCCCCCCCCCCCCCCCC. The van der Waals surface area contributed by atoms with Gasteiger partial charge in [0.05, 0.1) is 18.8 Å². The van der Waals surface area contributed by atoms with Gasteiger partial charge in [0.2, 0.25) is 5.91 Å². The number of aliphatic hydroxyl groups is 3. The predicted molar refractivity (Wildman–Crippen MR) is 314 cm³/mol. The zero-order valence-corrected chi connectivity index (χ0v) is 47.9. The first-order valence-electron chi connectivity index (χ1n) is 31.9. The Morgan fingerprint density at radius 2 is 0.620 bits per heavy atom. The van der Waals surface area contributed by atoms with Gasteiger partial charge in [0.1, 0.15) is 6.10 Å². The number of allylic oxidation sites excluding steroid dienone is 8. The molecule has 0 fully saturated rings. The number of nitrogens with one attached hydrogen (secondary N) is 1. The van der Waals surface area contributed by atoms with E-state index in [4.69, 9.17) is 0 Å². The number of aliphatic hydroxyl groups excluding tert-OH is 3. The van der Waals surface area contributed by atoms with Crippen LogP contribution in [0, 0.1) is 0 Å². The number of carbonyl (C=O) groups excluding carboxylic acids is 1. The van der Waals surface area contributed by atoms with Crippen LogP contribution in [0.1, 0.15) is 341 Å². The average molecular weight is 997 g/mol. The van der Waals surface area contributed by atoms with Crippen molar-refractivity contribution in [2.45, 2.75) is 360 Å². The minimum atomic E-state index is -1.17. The van der Waals surface area contributed by atoms with Gasteiger partial charge in [-0.1, -0.05) is 300 Å². The maximum absolute atomic E-state index is 12.5. The zero-order valence-electron chi connectivity index (χ0n) is 47.9. The quantitative estimate of drug-likeness (QED) is 0.0361. The van der Waals surface area contributed by atoms with Crippen molar-refractivity contribution in [2.24, 2.45) is 0 Å². The molecule has 5 nitrogen and oxygen atoms in total. The van der Waals surface area contributed by atoms with Crippen molar-refractivity contribution in [2.75, 3.05) is 6.61 Å². The van der Waals surface area contributed by atoms with Crippen molar-refractivity contribution < 1.29 is 20.1 Å². The molecule has 0 radical (unpaired) electrons. The Kier molecular flexibility index (Phi) is 59.4. The first-order chi connectivity index (χ1) is 35.1. The van der Waals surface area contributed by atoms with E-state index in [1.54, 1.807) is 0 Å². The monoisotopic (exact) mass is 996 g/mol. The largest absolute Gasteiger partial charge is 0.394 e. The fraction of sp³-hybridized carbons (Fsp3) is 0.864. The molecule has 0 heterocycles. The molecule has 1 amide bonds. The molecule has 0 aliphatic rings. The average Bonchev–Trinajstić information content (AvgIpc) is 3.37. The Morgan fingerprint density at radius 3 is 0.944 bits per heavy atom. The van der Waals surface area contributed by atoms with Crippen molar-refractivity contribution in [3.05, 3.63) is 48.6 Å². The molecule has 418 valence electrons. The summed E-state index contributed by atoms with van der Waals surface area (Å²) in [6.45, 7) is 4.19. The lowest BCUT2D eigenvalue weighted by molar-refractivity contribution is -0.124. The van der Waals surface area contributed by atoms with Crippen molar-refractivity contribution in [3.8, 4) is 0 Å². The molecule has 0 aromatic carbocycles. The van der Waals surface area contributed by atoms with Crippen LogP contribution < -0.4 is 5.32 Å². The number of hydrogen-bond acceptors (Lipinski definition) is 4. The van der Waals surface area contributed by atoms with Crippen LogP contribution in [0.3, 0.4) is 0 Å². The summed E-state index contributed by atoms with van der Waals surface area (Å²) in [6.07, 6.45) is 81.7. The van der Waals surface area contributed by atoms with Gasteiger partial charge < -0.3 is 20.6 Å². The van der Waals surface area contributed by atoms with Crippen molar-refractivity contribution in [1.29, 1.82) is 0 Å². The Morgan fingerprint density at radius 1 is 0.352 bits per heavy atom. The molecule has 4 N–H and O–H groups in total. The molecule has 0 saturated heterocycles. The van der Waals surface area contributed by atoms with E-state index in [9.17, 15) is 20.1 Å². The normalized spacial score (nSPS) is 13.5. The summed E-state index contributed by atoms with van der Waals surface area (Å²) in [5, 5.41) is 33.7. The standard InChI is InChI=1S/C66H125NO4/c1-3-5-7-9-11-13-15-17-19-21-23-24-25-26-27-28-29-30-31-32-33-34-35-36-37-38-39-40-41-42-43-45-47-49-51-53-55-57-59-61-65(70)67-63(62-68)66(71)64(69)60-58-56-54-52-50-48-46-44-22-20-18-16-14-12-10-8-6-4-2/h29-30,32-33,44,46,52,54,63-64,66,68-69,71H,3-28,31,34-43,45,47-51,53,55-62H2,1-2H3,(H,67,70)/b30-29-,33-32-,46-44+,54-52+. The van der Waals surface area contributed by atoms with E-state index in [1.165, 1.54) is 263 Å². The van der Waals surface area contributed by atoms with Gasteiger partial charge in [-0.2, -0.15) is 0 Å². The topological polar surface area (TPSA) is 89.8 Å². The molecular weight excluding hydrogens is 871 g/mol. The Bertz CT molecular complexity index is 1150. The first-order valence-corrected chi connectivity index (χ1v) is 31.9. The van der Waals surface area contributed by atoms with Crippen LogP contribution in [0.2, 0.25) is 0 Å². The highest BCUT2D eigenvalue weighted by atomic mass is 16.3. The first kappa shape index (κ1) is 69.3. The molecular formula is C66H125NO4. The van der Waals surface area contributed by atoms with Crippen LogP contribution in [0.4, 0.5) is 0 Å². The van der Waals surface area contributed by atoms with Gasteiger partial charge in [0.15, 0.2) is 0 Å². The molecule has 0 aliphatic heterocycles. The second kappa shape index (κ2) is 60.9. The molecule has 3 unspecified atom stereocenters. The number of rotatable bonds is 59. The van der Waals surface area contributed by atoms with Crippen LogP contribution in [0.15, 0.2) is 48.6 Å². The molecule has 0 bridgehead atoms. The molecule has 0 aliphatic carbocycles. The Balaban J connectivity index is 3.50. The van der Waals surface area contributed by atoms with Gasteiger partial charge >= 0.3 is 0 Å². The van der Waals surface area contributed by atoms with Gasteiger partial charge in [-0.05, 0) is 83.5 Å². The number of hydrogen-bond donors (Lipinski definition) is 4. The smallest absolute Gasteiger partial charge is 0.220 e. The van der Waals surface area contributed by atoms with Gasteiger partial charge in [-0.15, -0.1) is 0 Å². The van der Waals surface area contributed by atoms with E-state index >= 15 is 0 Å². The van der Waals surface area contributed by atoms with E-state index < -0.39 is 18.2 Å². The summed E-state index contributed by atoms with van der Waals surface area (Å²) in [4.78, 5) is 12.5. The van der Waals surface area contributed by atoms with Gasteiger partial charge in [-0.3, -0.25) is 4.79 Å². The van der Waals surface area contributed by atoms with Crippen molar-refractivity contribution >= 4 is 5.91 Å². The van der Waals surface area contributed by atoms with Crippen LogP contribution in [-0.4, -0.2) is 46.1 Å². The predicted octanol–water partition coefficient (Wildman–Crippen LogP) is 20.3. The highest BCUT2D eigenvalue weighted by Gasteiger charge is 2.26. The van der Waals surface area contributed by atoms with Crippen molar-refractivity contribution in [1.82, 2.24) is 5.32 Å². The van der Waals surface area contributed by atoms with Crippen molar-refractivity contribution in [3.63, 3.8) is 0 Å². The molecule has 0 saturated carbocycles. The molecule has 0 aromatic heterocycles. The van der Waals surface area contributed by atoms with Gasteiger partial charge in [0, 0.05) is 6.42 Å². The number of carbonyl (C=O) groups is 1. The second-order valence-electron chi connectivity index (χ2n) is 21.9. The van der Waals surface area contributed by atoms with Crippen LogP contribution in [-0.2, 0) is 4.79 Å². The third-order valence-corrected chi connectivity index (χ3v) is 14.9. The highest BCUT2D eigenvalue weighted by molar-refractivity contribution is 5.76. The maximum atomic E-state index is 12.5.